The van der Waals surface area contributed by atoms with Gasteiger partial charge < -0.3 is 10.2 Å². The Labute approximate surface area is 212 Å². The lowest BCUT2D eigenvalue weighted by atomic mass is 9.78. The van der Waals surface area contributed by atoms with E-state index >= 15 is 0 Å². The van der Waals surface area contributed by atoms with Gasteiger partial charge in [0.25, 0.3) is 5.91 Å². The van der Waals surface area contributed by atoms with Crippen molar-refractivity contribution in [3.05, 3.63) is 84.2 Å². The van der Waals surface area contributed by atoms with Crippen LogP contribution in [-0.2, 0) is 10.2 Å². The molecule has 6 heteroatoms. The number of rotatable bonds is 6. The molecule has 1 aromatic heterocycles. The minimum atomic E-state index is 0.0616. The fraction of sp³-hybridized carbons (Fsp3) is 0.433. The highest BCUT2D eigenvalue weighted by molar-refractivity contribution is 5.95. The predicted molar refractivity (Wildman–Crippen MR) is 139 cm³/mol. The number of nitrogens with zero attached hydrogens (tertiary/aromatic N) is 3. The Kier molecular flexibility index (Phi) is 5.90. The third kappa shape index (κ3) is 4.23. The van der Waals surface area contributed by atoms with Crippen LogP contribution in [0.1, 0.15) is 60.9 Å². The monoisotopic (exact) mass is 482 g/mol. The standard InChI is InChI=1S/C30H34N4O2/c35-27(31-22-30(12-4-5-13-30)24-9-2-1-3-10-24)26-21-29(26)14-18-33(19-15-29)28(36)23-8-6-11-25(20-23)34-17-7-16-32-34/h1-3,6-11,16-17,20,26H,4-5,12-15,18-19,21-22H2,(H,31,35). The molecule has 2 heterocycles. The lowest BCUT2D eigenvalue weighted by Gasteiger charge is -2.33. The van der Waals surface area contributed by atoms with Gasteiger partial charge in [-0.25, -0.2) is 4.68 Å². The molecule has 1 N–H and O–H groups in total. The van der Waals surface area contributed by atoms with Crippen LogP contribution in [0.3, 0.4) is 0 Å². The van der Waals surface area contributed by atoms with Crippen molar-refractivity contribution in [1.82, 2.24) is 20.0 Å². The SMILES string of the molecule is O=C(NCC1(c2ccccc2)CCCC1)C1CC12CCN(C(=O)c1cccc(-n3cccn3)c1)CC2. The normalized spacial score (nSPS) is 21.9. The van der Waals surface area contributed by atoms with Gasteiger partial charge in [-0.3, -0.25) is 9.59 Å². The largest absolute Gasteiger partial charge is 0.355 e. The van der Waals surface area contributed by atoms with Crippen LogP contribution in [-0.4, -0.2) is 46.1 Å². The van der Waals surface area contributed by atoms with Crippen molar-refractivity contribution in [3.8, 4) is 5.69 Å². The summed E-state index contributed by atoms with van der Waals surface area (Å²) in [5.41, 5.74) is 3.09. The topological polar surface area (TPSA) is 67.2 Å². The van der Waals surface area contributed by atoms with Crippen LogP contribution in [0.25, 0.3) is 5.69 Å². The average Bonchev–Trinajstić information content (AvgIpc) is 3.31. The van der Waals surface area contributed by atoms with Crippen molar-refractivity contribution >= 4 is 11.8 Å². The first kappa shape index (κ1) is 23.0. The molecule has 3 aliphatic rings. The van der Waals surface area contributed by atoms with Crippen LogP contribution in [0.2, 0.25) is 0 Å². The van der Waals surface area contributed by atoms with Crippen LogP contribution in [0.15, 0.2) is 73.1 Å². The molecule has 1 spiro atoms. The summed E-state index contributed by atoms with van der Waals surface area (Å²) in [5, 5.41) is 7.62. The van der Waals surface area contributed by atoms with Crippen molar-refractivity contribution in [3.63, 3.8) is 0 Å². The van der Waals surface area contributed by atoms with Crippen LogP contribution < -0.4 is 5.32 Å². The summed E-state index contributed by atoms with van der Waals surface area (Å²) in [5.74, 6) is 0.363. The zero-order valence-electron chi connectivity index (χ0n) is 20.7. The van der Waals surface area contributed by atoms with Gasteiger partial charge in [0.2, 0.25) is 5.91 Å². The summed E-state index contributed by atoms with van der Waals surface area (Å²) in [6, 6.07) is 20.2. The summed E-state index contributed by atoms with van der Waals surface area (Å²) in [6.45, 7) is 2.16. The van der Waals surface area contributed by atoms with Crippen molar-refractivity contribution in [2.45, 2.75) is 50.4 Å². The van der Waals surface area contributed by atoms with E-state index in [1.807, 2.05) is 41.4 Å². The fourth-order valence-corrected chi connectivity index (χ4v) is 6.60. The average molecular weight is 483 g/mol. The molecule has 1 saturated heterocycles. The molecule has 36 heavy (non-hydrogen) atoms. The molecular weight excluding hydrogens is 448 g/mol. The maximum Gasteiger partial charge on any atom is 0.253 e. The Bertz CT molecular complexity index is 1220. The first-order chi connectivity index (χ1) is 17.6. The van der Waals surface area contributed by atoms with Gasteiger partial charge >= 0.3 is 0 Å². The minimum Gasteiger partial charge on any atom is -0.355 e. The summed E-state index contributed by atoms with van der Waals surface area (Å²) in [4.78, 5) is 28.3. The second-order valence-electron chi connectivity index (χ2n) is 11.0. The second kappa shape index (κ2) is 9.23. The third-order valence-electron chi connectivity index (χ3n) is 8.96. The Morgan fingerprint density at radius 3 is 2.44 bits per heavy atom. The fourth-order valence-electron chi connectivity index (χ4n) is 6.60. The molecular formula is C30H34N4O2. The van der Waals surface area contributed by atoms with E-state index in [1.54, 1.807) is 10.9 Å². The van der Waals surface area contributed by atoms with Gasteiger partial charge in [-0.05, 0) is 67.3 Å². The van der Waals surface area contributed by atoms with Gasteiger partial charge in [0.1, 0.15) is 0 Å². The van der Waals surface area contributed by atoms with Crippen molar-refractivity contribution in [2.75, 3.05) is 19.6 Å². The summed E-state index contributed by atoms with van der Waals surface area (Å²) in [6.07, 6.45) is 11.1. The molecule has 0 bridgehead atoms. The van der Waals surface area contributed by atoms with Crippen molar-refractivity contribution < 1.29 is 9.59 Å². The van der Waals surface area contributed by atoms with E-state index in [0.29, 0.717) is 18.7 Å². The minimum absolute atomic E-state index is 0.0616. The molecule has 2 amide bonds. The van der Waals surface area contributed by atoms with Gasteiger partial charge in [-0.15, -0.1) is 0 Å². The van der Waals surface area contributed by atoms with Crippen molar-refractivity contribution in [1.29, 1.82) is 0 Å². The van der Waals surface area contributed by atoms with Gasteiger partial charge in [0.15, 0.2) is 0 Å². The van der Waals surface area contributed by atoms with Crippen LogP contribution in [0.5, 0.6) is 0 Å². The van der Waals surface area contributed by atoms with Crippen LogP contribution in [0, 0.1) is 11.3 Å². The number of likely N-dealkylation sites (tertiary alicyclic amines) is 1. The maximum atomic E-state index is 13.2. The smallest absolute Gasteiger partial charge is 0.253 e. The Morgan fingerprint density at radius 1 is 0.944 bits per heavy atom. The predicted octanol–water partition coefficient (Wildman–Crippen LogP) is 4.74. The molecule has 2 saturated carbocycles. The molecule has 6 rings (SSSR count). The highest BCUT2D eigenvalue weighted by Crippen LogP contribution is 2.59. The number of benzene rings is 2. The molecule has 0 radical (unpaired) electrons. The van der Waals surface area contributed by atoms with Gasteiger partial charge in [0.05, 0.1) is 5.69 Å². The van der Waals surface area contributed by atoms with Crippen LogP contribution >= 0.6 is 0 Å². The van der Waals surface area contributed by atoms with E-state index < -0.39 is 0 Å². The highest BCUT2D eigenvalue weighted by Gasteiger charge is 2.58. The number of nitrogens with one attached hydrogen (secondary N) is 1. The molecule has 2 aliphatic carbocycles. The zero-order valence-corrected chi connectivity index (χ0v) is 20.7. The van der Waals surface area contributed by atoms with E-state index in [0.717, 1.165) is 44.3 Å². The molecule has 3 aromatic rings. The molecule has 1 aliphatic heterocycles. The number of carbonyl (C=O) groups excluding carboxylic acids is 2. The first-order valence-electron chi connectivity index (χ1n) is 13.3. The van der Waals surface area contributed by atoms with Gasteiger partial charge in [-0.2, -0.15) is 5.10 Å². The maximum absolute atomic E-state index is 13.2. The summed E-state index contributed by atoms with van der Waals surface area (Å²) >= 11 is 0. The van der Waals surface area contributed by atoms with Gasteiger partial charge in [0, 0.05) is 48.9 Å². The third-order valence-corrected chi connectivity index (χ3v) is 8.96. The van der Waals surface area contributed by atoms with E-state index in [4.69, 9.17) is 0 Å². The lowest BCUT2D eigenvalue weighted by molar-refractivity contribution is -0.123. The number of hydrogen-bond acceptors (Lipinski definition) is 3. The van der Waals surface area contributed by atoms with Gasteiger partial charge in [-0.1, -0.05) is 49.2 Å². The Balaban J connectivity index is 1.05. The van der Waals surface area contributed by atoms with Crippen LogP contribution in [0.4, 0.5) is 0 Å². The highest BCUT2D eigenvalue weighted by atomic mass is 16.2. The Hall–Kier alpha value is -3.41. The Morgan fingerprint density at radius 2 is 1.72 bits per heavy atom. The molecule has 6 nitrogen and oxygen atoms in total. The van der Waals surface area contributed by atoms with Crippen molar-refractivity contribution in [2.24, 2.45) is 11.3 Å². The molecule has 1 atom stereocenters. The number of aromatic nitrogens is 2. The second-order valence-corrected chi connectivity index (χ2v) is 11.0. The molecule has 186 valence electrons. The van der Waals surface area contributed by atoms with E-state index in [1.165, 1.54) is 18.4 Å². The number of piperidine rings is 1. The van der Waals surface area contributed by atoms with E-state index in [-0.39, 0.29) is 28.6 Å². The molecule has 2 aromatic carbocycles. The quantitative estimate of drug-likeness (QED) is 0.552. The number of amides is 2. The van der Waals surface area contributed by atoms with E-state index in [2.05, 4.69) is 40.7 Å². The molecule has 1 unspecified atom stereocenters. The number of carbonyl (C=O) groups is 2. The first-order valence-corrected chi connectivity index (χ1v) is 13.3. The summed E-state index contributed by atoms with van der Waals surface area (Å²) in [7, 11) is 0. The zero-order chi connectivity index (χ0) is 24.6. The van der Waals surface area contributed by atoms with E-state index in [9.17, 15) is 9.59 Å². The lowest BCUT2D eigenvalue weighted by Crippen LogP contribution is -2.42. The summed E-state index contributed by atoms with van der Waals surface area (Å²) < 4.78 is 1.77. The number of hydrogen-bond donors (Lipinski definition) is 1. The molecule has 3 fully saturated rings.